The van der Waals surface area contributed by atoms with E-state index in [9.17, 15) is 9.90 Å². The summed E-state index contributed by atoms with van der Waals surface area (Å²) in [7, 11) is 0. The molecular weight excluding hydrogens is 312 g/mol. The van der Waals surface area contributed by atoms with Gasteiger partial charge in [-0.2, -0.15) is 11.3 Å². The fourth-order valence-corrected chi connectivity index (χ4v) is 3.08. The molecule has 0 aliphatic heterocycles. The number of carbonyl (C=O) groups excluding carboxylic acids is 1. The zero-order chi connectivity index (χ0) is 16.3. The number of aliphatic hydroxyl groups is 1. The largest absolute Gasteiger partial charge is 0.474 e. The first-order valence-corrected chi connectivity index (χ1v) is 8.65. The molecule has 2 heterocycles. The number of nitrogens with zero attached hydrogens (tertiary/aromatic N) is 1. The van der Waals surface area contributed by atoms with E-state index in [0.717, 1.165) is 18.4 Å². The average molecular weight is 332 g/mol. The maximum atomic E-state index is 12.3. The summed E-state index contributed by atoms with van der Waals surface area (Å²) in [6, 6.07) is 5.14. The Morgan fingerprint density at radius 2 is 2.35 bits per heavy atom. The first-order valence-electron chi connectivity index (χ1n) is 7.70. The molecule has 5 nitrogen and oxygen atoms in total. The molecule has 0 aromatic carbocycles. The first-order chi connectivity index (χ1) is 11.0. The van der Waals surface area contributed by atoms with E-state index >= 15 is 0 Å². The lowest BCUT2D eigenvalue weighted by Gasteiger charge is -2.25. The molecule has 0 saturated heterocycles. The van der Waals surface area contributed by atoms with Crippen LogP contribution in [-0.4, -0.2) is 28.6 Å². The van der Waals surface area contributed by atoms with Crippen LogP contribution in [0.4, 0.5) is 0 Å². The summed E-state index contributed by atoms with van der Waals surface area (Å²) in [5, 5.41) is 17.0. The molecule has 1 amide bonds. The third-order valence-corrected chi connectivity index (χ3v) is 4.76. The standard InChI is InChI=1S/C17H20N2O3S/c1-17(21,13-6-8-23-10-13)11-19-16(20)12-5-7-18-15(9-12)22-14-3-2-4-14/h5-10,14,21H,2-4,11H2,1H3,(H,19,20). The van der Waals surface area contributed by atoms with Gasteiger partial charge in [0.15, 0.2) is 0 Å². The zero-order valence-electron chi connectivity index (χ0n) is 13.0. The smallest absolute Gasteiger partial charge is 0.251 e. The van der Waals surface area contributed by atoms with Crippen molar-refractivity contribution in [3.05, 3.63) is 46.3 Å². The van der Waals surface area contributed by atoms with Crippen molar-refractivity contribution >= 4 is 17.2 Å². The second-order valence-electron chi connectivity index (χ2n) is 6.02. The van der Waals surface area contributed by atoms with Gasteiger partial charge in [0.2, 0.25) is 5.88 Å². The Hall–Kier alpha value is -1.92. The van der Waals surface area contributed by atoms with Crippen molar-refractivity contribution in [2.45, 2.75) is 37.9 Å². The highest BCUT2D eigenvalue weighted by Crippen LogP contribution is 2.24. The molecule has 2 aromatic rings. The van der Waals surface area contributed by atoms with Crippen LogP contribution in [0, 0.1) is 0 Å². The summed E-state index contributed by atoms with van der Waals surface area (Å²) in [6.07, 6.45) is 5.06. The lowest BCUT2D eigenvalue weighted by molar-refractivity contribution is 0.0530. The molecule has 2 aromatic heterocycles. The van der Waals surface area contributed by atoms with Crippen molar-refractivity contribution in [2.75, 3.05) is 6.54 Å². The van der Waals surface area contributed by atoms with Gasteiger partial charge in [0.05, 0.1) is 6.54 Å². The minimum atomic E-state index is -1.09. The van der Waals surface area contributed by atoms with Gasteiger partial charge in [-0.1, -0.05) is 0 Å². The monoisotopic (exact) mass is 332 g/mol. The van der Waals surface area contributed by atoms with Gasteiger partial charge in [-0.05, 0) is 54.6 Å². The maximum absolute atomic E-state index is 12.3. The summed E-state index contributed by atoms with van der Waals surface area (Å²) >= 11 is 1.51. The lowest BCUT2D eigenvalue weighted by Crippen LogP contribution is -2.38. The summed E-state index contributed by atoms with van der Waals surface area (Å²) < 4.78 is 5.71. The Labute approximate surface area is 139 Å². The Bertz CT molecular complexity index is 666. The van der Waals surface area contributed by atoms with Gasteiger partial charge in [0.1, 0.15) is 11.7 Å². The second-order valence-corrected chi connectivity index (χ2v) is 6.80. The summed E-state index contributed by atoms with van der Waals surface area (Å²) in [5.41, 5.74) is 0.190. The van der Waals surface area contributed by atoms with Crippen LogP contribution in [0.3, 0.4) is 0 Å². The van der Waals surface area contributed by atoms with Crippen molar-refractivity contribution in [1.29, 1.82) is 0 Å². The van der Waals surface area contributed by atoms with Crippen molar-refractivity contribution in [3.63, 3.8) is 0 Å². The molecule has 0 bridgehead atoms. The Balaban J connectivity index is 1.60. The minimum absolute atomic E-state index is 0.143. The maximum Gasteiger partial charge on any atom is 0.251 e. The van der Waals surface area contributed by atoms with Crippen LogP contribution in [0.1, 0.15) is 42.1 Å². The molecular formula is C17H20N2O3S. The van der Waals surface area contributed by atoms with Crippen LogP contribution in [0.5, 0.6) is 5.88 Å². The number of rotatable bonds is 6. The highest BCUT2D eigenvalue weighted by Gasteiger charge is 2.25. The van der Waals surface area contributed by atoms with Crippen molar-refractivity contribution < 1.29 is 14.6 Å². The van der Waals surface area contributed by atoms with E-state index in [2.05, 4.69) is 10.3 Å². The van der Waals surface area contributed by atoms with Crippen molar-refractivity contribution in [3.8, 4) is 5.88 Å². The zero-order valence-corrected chi connectivity index (χ0v) is 13.8. The van der Waals surface area contributed by atoms with Gasteiger partial charge in [-0.3, -0.25) is 4.79 Å². The van der Waals surface area contributed by atoms with Crippen LogP contribution in [-0.2, 0) is 5.60 Å². The van der Waals surface area contributed by atoms with Crippen LogP contribution >= 0.6 is 11.3 Å². The molecule has 1 aliphatic rings. The van der Waals surface area contributed by atoms with Crippen molar-refractivity contribution in [1.82, 2.24) is 10.3 Å². The quantitative estimate of drug-likeness (QED) is 0.853. The van der Waals surface area contributed by atoms with Gasteiger partial charge in [-0.25, -0.2) is 4.98 Å². The van der Waals surface area contributed by atoms with E-state index in [0.29, 0.717) is 11.4 Å². The van der Waals surface area contributed by atoms with E-state index in [1.807, 2.05) is 16.8 Å². The number of ether oxygens (including phenoxy) is 1. The average Bonchev–Trinajstić information content (AvgIpc) is 3.04. The van der Waals surface area contributed by atoms with Gasteiger partial charge < -0.3 is 15.2 Å². The minimum Gasteiger partial charge on any atom is -0.474 e. The van der Waals surface area contributed by atoms with E-state index < -0.39 is 5.60 Å². The van der Waals surface area contributed by atoms with Gasteiger partial charge in [0.25, 0.3) is 5.91 Å². The number of aromatic nitrogens is 1. The third-order valence-electron chi connectivity index (χ3n) is 4.07. The molecule has 23 heavy (non-hydrogen) atoms. The number of pyridine rings is 1. The number of carbonyl (C=O) groups is 1. The molecule has 0 spiro atoms. The Morgan fingerprint density at radius 3 is 3.00 bits per heavy atom. The molecule has 1 saturated carbocycles. The molecule has 1 aliphatic carbocycles. The number of hydrogen-bond acceptors (Lipinski definition) is 5. The molecule has 122 valence electrons. The van der Waals surface area contributed by atoms with Crippen LogP contribution < -0.4 is 10.1 Å². The molecule has 3 rings (SSSR count). The number of nitrogens with one attached hydrogen (secondary N) is 1. The topological polar surface area (TPSA) is 71.5 Å². The molecule has 1 fully saturated rings. The highest BCUT2D eigenvalue weighted by molar-refractivity contribution is 7.08. The van der Waals surface area contributed by atoms with Crippen LogP contribution in [0.15, 0.2) is 35.2 Å². The normalized spacial score (nSPS) is 17.1. The molecule has 2 N–H and O–H groups in total. The Kier molecular flexibility index (Phi) is 4.63. The molecule has 6 heteroatoms. The second kappa shape index (κ2) is 6.68. The molecule has 1 atom stereocenters. The SMILES string of the molecule is CC(O)(CNC(=O)c1ccnc(OC2CCC2)c1)c1ccsc1. The van der Waals surface area contributed by atoms with Gasteiger partial charge in [-0.15, -0.1) is 0 Å². The summed E-state index contributed by atoms with van der Waals surface area (Å²) in [4.78, 5) is 16.4. The van der Waals surface area contributed by atoms with Crippen LogP contribution in [0.2, 0.25) is 0 Å². The summed E-state index contributed by atoms with van der Waals surface area (Å²) in [6.45, 7) is 1.83. The van der Waals surface area contributed by atoms with Gasteiger partial charge >= 0.3 is 0 Å². The van der Waals surface area contributed by atoms with E-state index in [4.69, 9.17) is 4.74 Å². The number of thiophene rings is 1. The molecule has 0 radical (unpaired) electrons. The Morgan fingerprint density at radius 1 is 1.52 bits per heavy atom. The first kappa shape index (κ1) is 16.0. The fourth-order valence-electron chi connectivity index (χ4n) is 2.30. The van der Waals surface area contributed by atoms with E-state index in [-0.39, 0.29) is 18.6 Å². The predicted molar refractivity (Wildman–Crippen MR) is 88.7 cm³/mol. The molecule has 1 unspecified atom stereocenters. The fraction of sp³-hybridized carbons (Fsp3) is 0.412. The highest BCUT2D eigenvalue weighted by atomic mass is 32.1. The lowest BCUT2D eigenvalue weighted by atomic mass is 9.96. The van der Waals surface area contributed by atoms with Crippen molar-refractivity contribution in [2.24, 2.45) is 0 Å². The van der Waals surface area contributed by atoms with Gasteiger partial charge in [0, 0.05) is 17.8 Å². The summed E-state index contributed by atoms with van der Waals surface area (Å²) in [5.74, 6) is 0.230. The van der Waals surface area contributed by atoms with E-state index in [1.54, 1.807) is 25.3 Å². The third kappa shape index (κ3) is 3.89. The number of amides is 1. The predicted octanol–water partition coefficient (Wildman–Crippen LogP) is 2.71. The number of hydrogen-bond donors (Lipinski definition) is 2. The van der Waals surface area contributed by atoms with E-state index in [1.165, 1.54) is 17.8 Å². The van der Waals surface area contributed by atoms with Crippen LogP contribution in [0.25, 0.3) is 0 Å².